The third kappa shape index (κ3) is 3.87. The van der Waals surface area contributed by atoms with E-state index in [0.717, 1.165) is 44.7 Å². The Morgan fingerprint density at radius 1 is 1.15 bits per heavy atom. The molecule has 2 rings (SSSR count). The lowest BCUT2D eigenvalue weighted by atomic mass is 10.2. The van der Waals surface area contributed by atoms with Gasteiger partial charge in [-0.1, -0.05) is 36.2 Å². The largest absolute Gasteiger partial charge is 0.340 e. The van der Waals surface area contributed by atoms with Gasteiger partial charge in [-0.3, -0.25) is 9.69 Å². The predicted octanol–water partition coefficient (Wildman–Crippen LogP) is 3.44. The molecule has 1 heterocycles. The van der Waals surface area contributed by atoms with Gasteiger partial charge >= 0.3 is 0 Å². The maximum Gasteiger partial charge on any atom is 0.222 e. The average molecular weight is 315 g/mol. The van der Waals surface area contributed by atoms with Gasteiger partial charge in [-0.25, -0.2) is 0 Å². The molecule has 0 bridgehead atoms. The predicted molar refractivity (Wildman–Crippen MR) is 83.2 cm³/mol. The fourth-order valence-corrected chi connectivity index (χ4v) is 2.95. The Morgan fingerprint density at radius 3 is 2.30 bits per heavy atom. The van der Waals surface area contributed by atoms with E-state index in [2.05, 4.69) is 4.90 Å². The van der Waals surface area contributed by atoms with Crippen molar-refractivity contribution in [1.29, 1.82) is 0 Å². The van der Waals surface area contributed by atoms with Gasteiger partial charge in [0.05, 0.1) is 0 Å². The van der Waals surface area contributed by atoms with Gasteiger partial charge in [-0.15, -0.1) is 0 Å². The lowest BCUT2D eigenvalue weighted by Crippen LogP contribution is -2.48. The molecule has 1 aliphatic heterocycles. The Bertz CT molecular complexity index is 451. The molecule has 110 valence electrons. The van der Waals surface area contributed by atoms with Gasteiger partial charge in [-0.2, -0.15) is 0 Å². The maximum atomic E-state index is 11.8. The van der Waals surface area contributed by atoms with Crippen LogP contribution in [0.5, 0.6) is 0 Å². The van der Waals surface area contributed by atoms with Gasteiger partial charge in [0.1, 0.15) is 0 Å². The first-order valence-corrected chi connectivity index (χ1v) is 7.80. The summed E-state index contributed by atoms with van der Waals surface area (Å²) in [7, 11) is 0. The van der Waals surface area contributed by atoms with Crippen molar-refractivity contribution in [2.24, 2.45) is 0 Å². The highest BCUT2D eigenvalue weighted by Gasteiger charge is 2.21. The normalized spacial score (nSPS) is 16.4. The van der Waals surface area contributed by atoms with Crippen molar-refractivity contribution in [3.63, 3.8) is 0 Å². The topological polar surface area (TPSA) is 23.6 Å². The number of amides is 1. The number of hydrogen-bond acceptors (Lipinski definition) is 2. The van der Waals surface area contributed by atoms with Crippen molar-refractivity contribution in [2.75, 3.05) is 26.2 Å². The number of hydrogen-bond donors (Lipinski definition) is 0. The van der Waals surface area contributed by atoms with Crippen molar-refractivity contribution < 1.29 is 4.79 Å². The standard InChI is InChI=1S/C15H20Cl2N2O/c1-2-4-15(20)19-9-7-18(8-10-19)11-12-13(16)5-3-6-14(12)17/h3,5-6H,2,4,7-11H2,1H3. The summed E-state index contributed by atoms with van der Waals surface area (Å²) in [4.78, 5) is 16.1. The highest BCUT2D eigenvalue weighted by molar-refractivity contribution is 6.35. The molecule has 3 nitrogen and oxygen atoms in total. The van der Waals surface area contributed by atoms with E-state index in [0.29, 0.717) is 16.5 Å². The second-order valence-electron chi connectivity index (χ2n) is 5.11. The van der Waals surface area contributed by atoms with E-state index in [1.54, 1.807) is 0 Å². The van der Waals surface area contributed by atoms with Crippen LogP contribution in [-0.2, 0) is 11.3 Å². The Hall–Kier alpha value is -0.770. The molecule has 1 fully saturated rings. The van der Waals surface area contributed by atoms with Crippen molar-refractivity contribution >= 4 is 29.1 Å². The van der Waals surface area contributed by atoms with Gasteiger partial charge in [0.2, 0.25) is 5.91 Å². The average Bonchev–Trinajstić information content (AvgIpc) is 2.44. The second kappa shape index (κ2) is 7.30. The summed E-state index contributed by atoms with van der Waals surface area (Å²) in [5, 5.41) is 1.42. The lowest BCUT2D eigenvalue weighted by molar-refractivity contribution is -0.133. The fourth-order valence-electron chi connectivity index (χ4n) is 2.43. The highest BCUT2D eigenvalue weighted by Crippen LogP contribution is 2.26. The smallest absolute Gasteiger partial charge is 0.222 e. The minimum absolute atomic E-state index is 0.267. The molecule has 20 heavy (non-hydrogen) atoms. The van der Waals surface area contributed by atoms with Crippen LogP contribution in [-0.4, -0.2) is 41.9 Å². The summed E-state index contributed by atoms with van der Waals surface area (Å²) < 4.78 is 0. The monoisotopic (exact) mass is 314 g/mol. The Morgan fingerprint density at radius 2 is 1.75 bits per heavy atom. The van der Waals surface area contributed by atoms with Crippen LogP contribution in [0, 0.1) is 0 Å². The van der Waals surface area contributed by atoms with Crippen LogP contribution in [0.15, 0.2) is 18.2 Å². The number of nitrogens with zero attached hydrogens (tertiary/aromatic N) is 2. The van der Waals surface area contributed by atoms with E-state index in [1.807, 2.05) is 30.0 Å². The van der Waals surface area contributed by atoms with Gasteiger partial charge in [0, 0.05) is 54.8 Å². The summed E-state index contributed by atoms with van der Waals surface area (Å²) in [6.45, 7) is 6.11. The van der Waals surface area contributed by atoms with E-state index < -0.39 is 0 Å². The van der Waals surface area contributed by atoms with Gasteiger partial charge in [-0.05, 0) is 18.6 Å². The van der Waals surface area contributed by atoms with Gasteiger partial charge in [0.15, 0.2) is 0 Å². The SMILES string of the molecule is CCCC(=O)N1CCN(Cc2c(Cl)cccc2Cl)CC1. The minimum Gasteiger partial charge on any atom is -0.340 e. The van der Waals surface area contributed by atoms with Crippen LogP contribution >= 0.6 is 23.2 Å². The number of piperazine rings is 1. The molecule has 0 N–H and O–H groups in total. The molecule has 1 aliphatic rings. The van der Waals surface area contributed by atoms with Gasteiger partial charge < -0.3 is 4.90 Å². The van der Waals surface area contributed by atoms with E-state index in [4.69, 9.17) is 23.2 Å². The summed E-state index contributed by atoms with van der Waals surface area (Å²) in [6.07, 6.45) is 1.56. The van der Waals surface area contributed by atoms with Gasteiger partial charge in [0.25, 0.3) is 0 Å². The Kier molecular flexibility index (Phi) is 5.70. The second-order valence-corrected chi connectivity index (χ2v) is 5.92. The molecular formula is C15H20Cl2N2O. The van der Waals surface area contributed by atoms with Crippen LogP contribution < -0.4 is 0 Å². The van der Waals surface area contributed by atoms with Crippen LogP contribution in [0.3, 0.4) is 0 Å². The number of carbonyl (C=O) groups is 1. The lowest BCUT2D eigenvalue weighted by Gasteiger charge is -2.35. The molecule has 0 atom stereocenters. The number of halogens is 2. The molecule has 1 saturated heterocycles. The third-order valence-corrected chi connectivity index (χ3v) is 4.34. The quantitative estimate of drug-likeness (QED) is 0.850. The summed E-state index contributed by atoms with van der Waals surface area (Å²) in [6, 6.07) is 5.59. The zero-order valence-electron chi connectivity index (χ0n) is 11.7. The van der Waals surface area contributed by atoms with Crippen LogP contribution in [0.4, 0.5) is 0 Å². The molecule has 0 radical (unpaired) electrons. The molecular weight excluding hydrogens is 295 g/mol. The summed E-state index contributed by atoms with van der Waals surface area (Å²) in [5.74, 6) is 0.267. The summed E-state index contributed by atoms with van der Waals surface area (Å²) >= 11 is 12.4. The molecule has 1 aromatic carbocycles. The number of carbonyl (C=O) groups excluding carboxylic acids is 1. The van der Waals surface area contributed by atoms with E-state index >= 15 is 0 Å². The Balaban J connectivity index is 1.90. The zero-order valence-corrected chi connectivity index (χ0v) is 13.3. The first kappa shape index (κ1) is 15.6. The van der Waals surface area contributed by atoms with Crippen molar-refractivity contribution in [3.05, 3.63) is 33.8 Å². The van der Waals surface area contributed by atoms with Crippen LogP contribution in [0.25, 0.3) is 0 Å². The van der Waals surface area contributed by atoms with E-state index in [-0.39, 0.29) is 5.91 Å². The zero-order chi connectivity index (χ0) is 14.5. The van der Waals surface area contributed by atoms with E-state index in [1.165, 1.54) is 0 Å². The third-order valence-electron chi connectivity index (χ3n) is 3.63. The van der Waals surface area contributed by atoms with Crippen molar-refractivity contribution in [1.82, 2.24) is 9.80 Å². The summed E-state index contributed by atoms with van der Waals surface area (Å²) in [5.41, 5.74) is 0.976. The molecule has 0 aliphatic carbocycles. The molecule has 1 amide bonds. The number of benzene rings is 1. The molecule has 1 aromatic rings. The molecule has 0 spiro atoms. The molecule has 0 saturated carbocycles. The number of rotatable bonds is 4. The maximum absolute atomic E-state index is 11.8. The van der Waals surface area contributed by atoms with Crippen molar-refractivity contribution in [3.8, 4) is 0 Å². The molecule has 0 unspecified atom stereocenters. The fraction of sp³-hybridized carbons (Fsp3) is 0.533. The molecule has 5 heteroatoms. The Labute approximate surface area is 130 Å². The highest BCUT2D eigenvalue weighted by atomic mass is 35.5. The van der Waals surface area contributed by atoms with Crippen LogP contribution in [0.2, 0.25) is 10.0 Å². The first-order valence-electron chi connectivity index (χ1n) is 7.05. The molecule has 0 aromatic heterocycles. The van der Waals surface area contributed by atoms with E-state index in [9.17, 15) is 4.79 Å². The van der Waals surface area contributed by atoms with Crippen LogP contribution in [0.1, 0.15) is 25.3 Å². The minimum atomic E-state index is 0.267. The first-order chi connectivity index (χ1) is 9.61. The van der Waals surface area contributed by atoms with Crippen molar-refractivity contribution in [2.45, 2.75) is 26.3 Å².